The lowest BCUT2D eigenvalue weighted by atomic mass is 10.2. The topological polar surface area (TPSA) is 90.5 Å². The maximum Gasteiger partial charge on any atom is 0.257 e. The third kappa shape index (κ3) is 4.91. The zero-order valence-corrected chi connectivity index (χ0v) is 14.7. The maximum absolute atomic E-state index is 12.2. The van der Waals surface area contributed by atoms with Crippen molar-refractivity contribution in [1.82, 2.24) is 5.32 Å². The highest BCUT2D eigenvalue weighted by Gasteiger charge is 2.12. The third-order valence-corrected chi connectivity index (χ3v) is 3.62. The van der Waals surface area contributed by atoms with Gasteiger partial charge in [-0.25, -0.2) is 0 Å². The van der Waals surface area contributed by atoms with Gasteiger partial charge in [-0.15, -0.1) is 0 Å². The van der Waals surface area contributed by atoms with Crippen LogP contribution in [0.1, 0.15) is 27.6 Å². The number of nitrogens with one attached hydrogen (secondary N) is 2. The number of benzene rings is 2. The minimum atomic E-state index is -1.35. The molecule has 0 spiro atoms. The van der Waals surface area contributed by atoms with E-state index >= 15 is 0 Å². The van der Waals surface area contributed by atoms with Gasteiger partial charge in [0.1, 0.15) is 5.75 Å². The molecule has 1 amide bonds. The van der Waals surface area contributed by atoms with E-state index in [0.717, 1.165) is 0 Å². The monoisotopic (exact) mass is 377 g/mol. The van der Waals surface area contributed by atoms with Crippen molar-refractivity contribution in [3.63, 3.8) is 0 Å². The van der Waals surface area contributed by atoms with Crippen LogP contribution in [0.4, 0.5) is 5.69 Å². The second kappa shape index (κ2) is 8.46. The number of carboxylic acid groups (broad SMARTS) is 1. The molecule has 0 aliphatic rings. The first-order chi connectivity index (χ1) is 11.9. The average molecular weight is 378 g/mol. The van der Waals surface area contributed by atoms with Crippen LogP contribution in [0, 0.1) is 0 Å². The lowest BCUT2D eigenvalue weighted by Gasteiger charge is -2.14. The highest BCUT2D eigenvalue weighted by molar-refractivity contribution is 7.80. The van der Waals surface area contributed by atoms with Gasteiger partial charge in [0.15, 0.2) is 5.11 Å². The molecule has 2 aromatic rings. The number of ether oxygens (including phenoxy) is 1. The van der Waals surface area contributed by atoms with Gasteiger partial charge in [-0.1, -0.05) is 29.8 Å². The van der Waals surface area contributed by atoms with Gasteiger partial charge in [0.05, 0.1) is 17.6 Å². The van der Waals surface area contributed by atoms with Crippen LogP contribution in [0.2, 0.25) is 5.02 Å². The molecule has 0 bridgehead atoms. The molecule has 0 saturated heterocycles. The smallest absolute Gasteiger partial charge is 0.257 e. The van der Waals surface area contributed by atoms with Gasteiger partial charge in [-0.05, 0) is 43.4 Å². The van der Waals surface area contributed by atoms with Crippen molar-refractivity contribution >= 4 is 46.5 Å². The molecule has 0 aliphatic heterocycles. The fourth-order valence-corrected chi connectivity index (χ4v) is 2.45. The predicted octanol–water partition coefficient (Wildman–Crippen LogP) is 2.23. The number of halogens is 1. The fraction of sp³-hybridized carbons (Fsp3) is 0.118. The highest BCUT2D eigenvalue weighted by Crippen LogP contribution is 2.25. The SMILES string of the molecule is CCOc1ccc(C(=O)NC(=S)Nc2ccccc2C(=O)[O-])cc1Cl. The minimum Gasteiger partial charge on any atom is -0.545 e. The molecule has 0 radical (unpaired) electrons. The Morgan fingerprint density at radius 3 is 2.60 bits per heavy atom. The Hall–Kier alpha value is -2.64. The molecule has 8 heteroatoms. The number of carbonyl (C=O) groups excluding carboxylic acids is 2. The van der Waals surface area contributed by atoms with E-state index in [9.17, 15) is 14.7 Å². The Morgan fingerprint density at radius 1 is 1.24 bits per heavy atom. The number of anilines is 1. The van der Waals surface area contributed by atoms with Gasteiger partial charge in [-0.2, -0.15) is 0 Å². The van der Waals surface area contributed by atoms with Crippen molar-refractivity contribution in [2.75, 3.05) is 11.9 Å². The zero-order valence-electron chi connectivity index (χ0n) is 13.2. The number of carbonyl (C=O) groups is 2. The van der Waals surface area contributed by atoms with Gasteiger partial charge < -0.3 is 20.0 Å². The van der Waals surface area contributed by atoms with Gasteiger partial charge in [-0.3, -0.25) is 10.1 Å². The summed E-state index contributed by atoms with van der Waals surface area (Å²) in [6.45, 7) is 2.28. The Labute approximate surface area is 154 Å². The lowest BCUT2D eigenvalue weighted by molar-refractivity contribution is -0.254. The number of hydrogen-bond acceptors (Lipinski definition) is 5. The summed E-state index contributed by atoms with van der Waals surface area (Å²) < 4.78 is 5.30. The quantitative estimate of drug-likeness (QED) is 0.776. The summed E-state index contributed by atoms with van der Waals surface area (Å²) in [5, 5.41) is 16.4. The van der Waals surface area contributed by atoms with Crippen LogP contribution in [0.3, 0.4) is 0 Å². The van der Waals surface area contributed by atoms with Crippen LogP contribution in [-0.2, 0) is 0 Å². The summed E-state index contributed by atoms with van der Waals surface area (Å²) in [6, 6.07) is 10.7. The van der Waals surface area contributed by atoms with E-state index < -0.39 is 11.9 Å². The molecule has 2 N–H and O–H groups in total. The average Bonchev–Trinajstić information content (AvgIpc) is 2.57. The van der Waals surface area contributed by atoms with E-state index in [4.69, 9.17) is 28.6 Å². The summed E-state index contributed by atoms with van der Waals surface area (Å²) in [7, 11) is 0. The highest BCUT2D eigenvalue weighted by atomic mass is 35.5. The number of rotatable bonds is 5. The lowest BCUT2D eigenvalue weighted by Crippen LogP contribution is -2.35. The number of amides is 1. The largest absolute Gasteiger partial charge is 0.545 e. The van der Waals surface area contributed by atoms with Crippen molar-refractivity contribution in [2.45, 2.75) is 6.92 Å². The van der Waals surface area contributed by atoms with Crippen LogP contribution in [-0.4, -0.2) is 23.6 Å². The zero-order chi connectivity index (χ0) is 18.4. The van der Waals surface area contributed by atoms with Crippen molar-refractivity contribution < 1.29 is 19.4 Å². The third-order valence-electron chi connectivity index (χ3n) is 3.12. The van der Waals surface area contributed by atoms with E-state index in [0.29, 0.717) is 17.4 Å². The van der Waals surface area contributed by atoms with Crippen molar-refractivity contribution in [3.8, 4) is 5.75 Å². The summed E-state index contributed by atoms with van der Waals surface area (Å²) >= 11 is 11.1. The van der Waals surface area contributed by atoms with Gasteiger partial charge in [0, 0.05) is 16.8 Å². The van der Waals surface area contributed by atoms with Gasteiger partial charge >= 0.3 is 0 Å². The van der Waals surface area contributed by atoms with Gasteiger partial charge in [0.2, 0.25) is 0 Å². The predicted molar refractivity (Wildman–Crippen MR) is 97.1 cm³/mol. The van der Waals surface area contributed by atoms with E-state index in [1.54, 1.807) is 24.3 Å². The Balaban J connectivity index is 2.07. The molecule has 2 aromatic carbocycles. The normalized spacial score (nSPS) is 10.0. The first kappa shape index (κ1) is 18.7. The second-order valence-electron chi connectivity index (χ2n) is 4.82. The standard InChI is InChI=1S/C17H15ClN2O4S/c1-2-24-14-8-7-10(9-12(14)18)15(21)20-17(25)19-13-6-4-3-5-11(13)16(22)23/h3-9H,2H2,1H3,(H,22,23)(H2,19,20,21,25)/p-1. The van der Waals surface area contributed by atoms with E-state index in [-0.39, 0.29) is 21.9 Å². The summed E-state index contributed by atoms with van der Waals surface area (Å²) in [5.74, 6) is -1.37. The Bertz CT molecular complexity index is 826. The van der Waals surface area contributed by atoms with Crippen LogP contribution >= 0.6 is 23.8 Å². The fourth-order valence-electron chi connectivity index (χ4n) is 2.01. The van der Waals surface area contributed by atoms with Crippen LogP contribution in [0.25, 0.3) is 0 Å². The van der Waals surface area contributed by atoms with Crippen LogP contribution in [0.5, 0.6) is 5.75 Å². The first-order valence-electron chi connectivity index (χ1n) is 7.27. The number of carboxylic acids is 1. The maximum atomic E-state index is 12.2. The van der Waals surface area contributed by atoms with Crippen LogP contribution < -0.4 is 20.5 Å². The Kier molecular flexibility index (Phi) is 6.32. The molecule has 0 saturated carbocycles. The van der Waals surface area contributed by atoms with E-state index in [1.165, 1.54) is 18.2 Å². The minimum absolute atomic E-state index is 0.0521. The molecule has 0 aromatic heterocycles. The molecule has 130 valence electrons. The molecule has 0 heterocycles. The van der Waals surface area contributed by atoms with E-state index in [2.05, 4.69) is 10.6 Å². The molecular weight excluding hydrogens is 364 g/mol. The molecular formula is C17H14ClN2O4S-. The van der Waals surface area contributed by atoms with Crippen molar-refractivity contribution in [2.24, 2.45) is 0 Å². The molecule has 0 aliphatic carbocycles. The number of thiocarbonyl (C=S) groups is 1. The van der Waals surface area contributed by atoms with Gasteiger partial charge in [0.25, 0.3) is 5.91 Å². The Morgan fingerprint density at radius 2 is 1.96 bits per heavy atom. The summed E-state index contributed by atoms with van der Waals surface area (Å²) in [5.41, 5.74) is 0.437. The van der Waals surface area contributed by atoms with Crippen molar-refractivity contribution in [1.29, 1.82) is 0 Å². The number of aromatic carboxylic acids is 1. The molecule has 25 heavy (non-hydrogen) atoms. The summed E-state index contributed by atoms with van der Waals surface area (Å²) in [6.07, 6.45) is 0. The van der Waals surface area contributed by atoms with Crippen LogP contribution in [0.15, 0.2) is 42.5 Å². The molecule has 2 rings (SSSR count). The molecule has 0 unspecified atom stereocenters. The van der Waals surface area contributed by atoms with E-state index in [1.807, 2.05) is 6.92 Å². The second-order valence-corrected chi connectivity index (χ2v) is 5.63. The molecule has 0 fully saturated rings. The summed E-state index contributed by atoms with van der Waals surface area (Å²) in [4.78, 5) is 23.3. The number of hydrogen-bond donors (Lipinski definition) is 2. The van der Waals surface area contributed by atoms with Crippen molar-refractivity contribution in [3.05, 3.63) is 58.6 Å². The molecule has 0 atom stereocenters. The molecule has 6 nitrogen and oxygen atoms in total. The number of para-hydroxylation sites is 1. The first-order valence-corrected chi connectivity index (χ1v) is 8.06.